The SMILES string of the molecule is COc1ccc(Br)cc1C(=O)N/N=C\c1ccc(OCC(=O)N2CCOCC2)cc1. The van der Waals surface area contributed by atoms with E-state index in [4.69, 9.17) is 14.2 Å². The number of ether oxygens (including phenoxy) is 3. The van der Waals surface area contributed by atoms with Gasteiger partial charge in [-0.25, -0.2) is 5.43 Å². The van der Waals surface area contributed by atoms with Gasteiger partial charge in [-0.15, -0.1) is 0 Å². The first-order chi connectivity index (χ1) is 14.6. The lowest BCUT2D eigenvalue weighted by molar-refractivity contribution is -0.137. The number of carbonyl (C=O) groups excluding carboxylic acids is 2. The number of nitrogens with one attached hydrogen (secondary N) is 1. The summed E-state index contributed by atoms with van der Waals surface area (Å²) in [5.41, 5.74) is 3.62. The van der Waals surface area contributed by atoms with E-state index < -0.39 is 0 Å². The maximum atomic E-state index is 12.3. The molecule has 1 heterocycles. The van der Waals surface area contributed by atoms with Crippen LogP contribution in [0.5, 0.6) is 11.5 Å². The second kappa shape index (κ2) is 10.7. The van der Waals surface area contributed by atoms with Crippen molar-refractivity contribution in [2.24, 2.45) is 5.10 Å². The number of amides is 2. The van der Waals surface area contributed by atoms with Gasteiger partial charge < -0.3 is 19.1 Å². The predicted molar refractivity (Wildman–Crippen MR) is 115 cm³/mol. The average molecular weight is 476 g/mol. The molecule has 1 saturated heterocycles. The normalized spacial score (nSPS) is 13.9. The van der Waals surface area contributed by atoms with E-state index in [-0.39, 0.29) is 18.4 Å². The zero-order valence-electron chi connectivity index (χ0n) is 16.5. The number of hydrogen-bond donors (Lipinski definition) is 1. The highest BCUT2D eigenvalue weighted by Crippen LogP contribution is 2.22. The van der Waals surface area contributed by atoms with Crippen molar-refractivity contribution in [3.8, 4) is 11.5 Å². The average Bonchev–Trinajstić information content (AvgIpc) is 2.78. The molecule has 9 heteroatoms. The Morgan fingerprint density at radius 3 is 2.63 bits per heavy atom. The van der Waals surface area contributed by atoms with Crippen LogP contribution in [0.15, 0.2) is 52.0 Å². The summed E-state index contributed by atoms with van der Waals surface area (Å²) < 4.78 is 16.7. The summed E-state index contributed by atoms with van der Waals surface area (Å²) in [6, 6.07) is 12.2. The molecule has 0 aliphatic carbocycles. The Bertz CT molecular complexity index is 911. The van der Waals surface area contributed by atoms with Gasteiger partial charge in [-0.3, -0.25) is 9.59 Å². The lowest BCUT2D eigenvalue weighted by Crippen LogP contribution is -2.42. The number of methoxy groups -OCH3 is 1. The summed E-state index contributed by atoms with van der Waals surface area (Å²) in [5.74, 6) is 0.594. The largest absolute Gasteiger partial charge is 0.496 e. The number of hydrazone groups is 1. The molecular formula is C21H22BrN3O5. The Morgan fingerprint density at radius 1 is 1.20 bits per heavy atom. The van der Waals surface area contributed by atoms with Gasteiger partial charge in [0.1, 0.15) is 11.5 Å². The summed E-state index contributed by atoms with van der Waals surface area (Å²) >= 11 is 3.33. The highest BCUT2D eigenvalue weighted by atomic mass is 79.9. The topological polar surface area (TPSA) is 89.5 Å². The van der Waals surface area contributed by atoms with Gasteiger partial charge in [-0.2, -0.15) is 5.10 Å². The molecule has 0 saturated carbocycles. The van der Waals surface area contributed by atoms with Crippen molar-refractivity contribution in [2.45, 2.75) is 0 Å². The summed E-state index contributed by atoms with van der Waals surface area (Å²) in [6.07, 6.45) is 1.52. The minimum Gasteiger partial charge on any atom is -0.496 e. The molecule has 158 valence electrons. The van der Waals surface area contributed by atoms with Crippen LogP contribution < -0.4 is 14.9 Å². The predicted octanol–water partition coefficient (Wildman–Crippen LogP) is 2.46. The molecule has 1 aliphatic heterocycles. The molecule has 0 spiro atoms. The molecule has 1 N–H and O–H groups in total. The molecule has 0 bridgehead atoms. The first-order valence-electron chi connectivity index (χ1n) is 9.32. The Balaban J connectivity index is 1.50. The Kier molecular flexibility index (Phi) is 7.81. The number of nitrogens with zero attached hydrogens (tertiary/aromatic N) is 2. The van der Waals surface area contributed by atoms with Crippen LogP contribution in [0.3, 0.4) is 0 Å². The minimum atomic E-state index is -0.383. The van der Waals surface area contributed by atoms with Crippen LogP contribution in [-0.2, 0) is 9.53 Å². The minimum absolute atomic E-state index is 0.0159. The van der Waals surface area contributed by atoms with Gasteiger partial charge in [0.2, 0.25) is 0 Å². The fraction of sp³-hybridized carbons (Fsp3) is 0.286. The third-order valence-electron chi connectivity index (χ3n) is 4.39. The summed E-state index contributed by atoms with van der Waals surface area (Å²) in [5, 5.41) is 3.98. The van der Waals surface area contributed by atoms with Crippen LogP contribution in [0.1, 0.15) is 15.9 Å². The fourth-order valence-corrected chi connectivity index (χ4v) is 3.14. The molecular weight excluding hydrogens is 454 g/mol. The third-order valence-corrected chi connectivity index (χ3v) is 4.89. The molecule has 0 aromatic heterocycles. The molecule has 1 aliphatic rings. The van der Waals surface area contributed by atoms with E-state index in [1.54, 1.807) is 47.4 Å². The van der Waals surface area contributed by atoms with Crippen molar-refractivity contribution in [3.05, 3.63) is 58.1 Å². The van der Waals surface area contributed by atoms with Crippen LogP contribution in [0.25, 0.3) is 0 Å². The molecule has 1 fully saturated rings. The van der Waals surface area contributed by atoms with Gasteiger partial charge in [0.15, 0.2) is 6.61 Å². The Labute approximate surface area is 182 Å². The van der Waals surface area contributed by atoms with Crippen molar-refractivity contribution in [1.29, 1.82) is 0 Å². The smallest absolute Gasteiger partial charge is 0.275 e. The van der Waals surface area contributed by atoms with Gasteiger partial charge >= 0.3 is 0 Å². The number of rotatable bonds is 7. The van der Waals surface area contributed by atoms with Crippen LogP contribution >= 0.6 is 15.9 Å². The van der Waals surface area contributed by atoms with Crippen LogP contribution in [-0.4, -0.2) is 62.9 Å². The monoisotopic (exact) mass is 475 g/mol. The maximum Gasteiger partial charge on any atom is 0.275 e. The lowest BCUT2D eigenvalue weighted by Gasteiger charge is -2.26. The number of morpholine rings is 1. The zero-order chi connectivity index (χ0) is 21.3. The fourth-order valence-electron chi connectivity index (χ4n) is 2.78. The highest BCUT2D eigenvalue weighted by Gasteiger charge is 2.17. The Morgan fingerprint density at radius 2 is 1.93 bits per heavy atom. The molecule has 2 aromatic carbocycles. The van der Waals surface area contributed by atoms with E-state index in [1.807, 2.05) is 0 Å². The van der Waals surface area contributed by atoms with Crippen molar-refractivity contribution in [3.63, 3.8) is 0 Å². The molecule has 2 aromatic rings. The number of benzene rings is 2. The molecule has 3 rings (SSSR count). The highest BCUT2D eigenvalue weighted by molar-refractivity contribution is 9.10. The van der Waals surface area contributed by atoms with Gasteiger partial charge in [-0.1, -0.05) is 15.9 Å². The van der Waals surface area contributed by atoms with Crippen LogP contribution in [0, 0.1) is 0 Å². The van der Waals surface area contributed by atoms with E-state index in [2.05, 4.69) is 26.5 Å². The van der Waals surface area contributed by atoms with E-state index >= 15 is 0 Å². The van der Waals surface area contributed by atoms with Gasteiger partial charge in [0.05, 0.1) is 32.1 Å². The zero-order valence-corrected chi connectivity index (χ0v) is 18.1. The van der Waals surface area contributed by atoms with Crippen molar-refractivity contribution in [1.82, 2.24) is 10.3 Å². The maximum absolute atomic E-state index is 12.3. The molecule has 30 heavy (non-hydrogen) atoms. The molecule has 8 nitrogen and oxygen atoms in total. The summed E-state index contributed by atoms with van der Waals surface area (Å²) in [6.45, 7) is 2.29. The Hall–Kier alpha value is -2.91. The quantitative estimate of drug-likeness (QED) is 0.490. The first kappa shape index (κ1) is 21.8. The molecule has 2 amide bonds. The first-order valence-corrected chi connectivity index (χ1v) is 10.1. The van der Waals surface area contributed by atoms with Crippen molar-refractivity contribution < 1.29 is 23.8 Å². The third kappa shape index (κ3) is 6.04. The van der Waals surface area contributed by atoms with Gasteiger partial charge in [0, 0.05) is 17.6 Å². The standard InChI is InChI=1S/C21H22BrN3O5/c1-28-19-7-4-16(22)12-18(19)21(27)24-23-13-15-2-5-17(6-3-15)30-14-20(26)25-8-10-29-11-9-25/h2-7,12-13H,8-11,14H2,1H3,(H,24,27)/b23-13-. The molecule has 0 unspecified atom stereocenters. The van der Waals surface area contributed by atoms with Gasteiger partial charge in [-0.05, 0) is 48.0 Å². The number of hydrogen-bond acceptors (Lipinski definition) is 6. The molecule has 0 radical (unpaired) electrons. The second-order valence-electron chi connectivity index (χ2n) is 6.39. The van der Waals surface area contributed by atoms with E-state index in [9.17, 15) is 9.59 Å². The molecule has 0 atom stereocenters. The lowest BCUT2D eigenvalue weighted by atomic mass is 10.2. The van der Waals surface area contributed by atoms with Crippen LogP contribution in [0.4, 0.5) is 0 Å². The second-order valence-corrected chi connectivity index (χ2v) is 7.31. The number of carbonyl (C=O) groups is 2. The van der Waals surface area contributed by atoms with E-state index in [1.165, 1.54) is 13.3 Å². The summed E-state index contributed by atoms with van der Waals surface area (Å²) in [7, 11) is 1.50. The van der Waals surface area contributed by atoms with Crippen molar-refractivity contribution >= 4 is 34.0 Å². The van der Waals surface area contributed by atoms with Crippen LogP contribution in [0.2, 0.25) is 0 Å². The van der Waals surface area contributed by atoms with Gasteiger partial charge in [0.25, 0.3) is 11.8 Å². The summed E-state index contributed by atoms with van der Waals surface area (Å²) in [4.78, 5) is 26.1. The van der Waals surface area contributed by atoms with E-state index in [0.29, 0.717) is 43.4 Å². The number of halogens is 1. The van der Waals surface area contributed by atoms with Crippen molar-refractivity contribution in [2.75, 3.05) is 40.0 Å². The van der Waals surface area contributed by atoms with E-state index in [0.717, 1.165) is 10.0 Å².